The predicted octanol–water partition coefficient (Wildman–Crippen LogP) is 4.47. The first-order valence-electron chi connectivity index (χ1n) is 7.22. The van der Waals surface area contributed by atoms with Crippen molar-refractivity contribution < 1.29 is 0 Å². The number of nitrogens with one attached hydrogen (secondary N) is 1. The van der Waals surface area contributed by atoms with E-state index in [9.17, 15) is 0 Å². The molecule has 1 nitrogen and oxygen atoms in total. The van der Waals surface area contributed by atoms with Crippen molar-refractivity contribution in [3.8, 4) is 0 Å². The molecule has 0 fully saturated rings. The van der Waals surface area contributed by atoms with Gasteiger partial charge in [-0.2, -0.15) is 0 Å². The molecule has 0 spiro atoms. The highest BCUT2D eigenvalue weighted by Crippen LogP contribution is 2.27. The molecule has 0 radical (unpaired) electrons. The number of benzene rings is 2. The average molecular weight is 286 g/mol. The summed E-state index contributed by atoms with van der Waals surface area (Å²) in [5, 5.41) is 4.59. The molecular weight excluding hydrogens is 266 g/mol. The van der Waals surface area contributed by atoms with Crippen LogP contribution in [0, 0.1) is 6.92 Å². The molecule has 0 aliphatic heterocycles. The van der Waals surface area contributed by atoms with E-state index in [1.165, 1.54) is 22.3 Å². The summed E-state index contributed by atoms with van der Waals surface area (Å²) < 4.78 is 0. The molecule has 0 aromatic heterocycles. The molecule has 0 saturated carbocycles. The van der Waals surface area contributed by atoms with Crippen molar-refractivity contribution in [3.63, 3.8) is 0 Å². The maximum Gasteiger partial charge on any atom is 0.0408 e. The van der Waals surface area contributed by atoms with Gasteiger partial charge in [0.15, 0.2) is 0 Å². The summed E-state index contributed by atoms with van der Waals surface area (Å²) in [4.78, 5) is 0. The monoisotopic (exact) mass is 285 g/mol. The number of halogens is 1. The van der Waals surface area contributed by atoms with Gasteiger partial charge in [-0.1, -0.05) is 47.5 Å². The van der Waals surface area contributed by atoms with E-state index in [2.05, 4.69) is 55.6 Å². The second kappa shape index (κ2) is 5.59. The zero-order valence-corrected chi connectivity index (χ0v) is 12.7. The summed E-state index contributed by atoms with van der Waals surface area (Å²) in [5.74, 6) is 0. The van der Waals surface area contributed by atoms with Gasteiger partial charge in [-0.3, -0.25) is 0 Å². The Kier molecular flexibility index (Phi) is 3.82. The fourth-order valence-electron chi connectivity index (χ4n) is 3.09. The Balaban J connectivity index is 1.68. The topological polar surface area (TPSA) is 12.0 Å². The first kappa shape index (κ1) is 13.7. The molecule has 3 rings (SSSR count). The van der Waals surface area contributed by atoms with Crippen LogP contribution in [0.15, 0.2) is 42.5 Å². The lowest BCUT2D eigenvalue weighted by Crippen LogP contribution is -2.32. The quantitative estimate of drug-likeness (QED) is 0.877. The van der Waals surface area contributed by atoms with Crippen LogP contribution in [-0.2, 0) is 12.8 Å². The Labute approximate surface area is 126 Å². The number of fused-ring (bicyclic) bond motifs is 1. The fourth-order valence-corrected chi connectivity index (χ4v) is 3.29. The lowest BCUT2D eigenvalue weighted by atomic mass is 10.0. The zero-order valence-electron chi connectivity index (χ0n) is 12.0. The number of rotatable bonds is 3. The van der Waals surface area contributed by atoms with Gasteiger partial charge in [0.25, 0.3) is 0 Å². The van der Waals surface area contributed by atoms with E-state index in [1.54, 1.807) is 0 Å². The minimum absolute atomic E-state index is 0.379. The summed E-state index contributed by atoms with van der Waals surface area (Å²) in [7, 11) is 0. The van der Waals surface area contributed by atoms with Crippen LogP contribution in [0.5, 0.6) is 0 Å². The van der Waals surface area contributed by atoms with Crippen LogP contribution in [-0.4, -0.2) is 6.04 Å². The maximum absolute atomic E-state index is 6.07. The second-order valence-electron chi connectivity index (χ2n) is 5.82. The Morgan fingerprint density at radius 2 is 1.90 bits per heavy atom. The van der Waals surface area contributed by atoms with E-state index >= 15 is 0 Å². The molecule has 2 aromatic carbocycles. The smallest absolute Gasteiger partial charge is 0.0408 e. The van der Waals surface area contributed by atoms with Crippen molar-refractivity contribution >= 4 is 11.6 Å². The second-order valence-corrected chi connectivity index (χ2v) is 6.26. The average Bonchev–Trinajstić information content (AvgIpc) is 2.80. The lowest BCUT2D eigenvalue weighted by Gasteiger charge is -2.20. The summed E-state index contributed by atoms with van der Waals surface area (Å²) in [6.07, 6.45) is 2.18. The van der Waals surface area contributed by atoms with Crippen molar-refractivity contribution in [2.24, 2.45) is 0 Å². The van der Waals surface area contributed by atoms with Gasteiger partial charge in [-0.05, 0) is 55.5 Å². The molecule has 2 atom stereocenters. The van der Waals surface area contributed by atoms with Gasteiger partial charge < -0.3 is 5.32 Å². The molecule has 0 bridgehead atoms. The summed E-state index contributed by atoms with van der Waals surface area (Å²) in [6.45, 7) is 4.38. The number of hydrogen-bond donors (Lipinski definition) is 1. The van der Waals surface area contributed by atoms with Crippen LogP contribution >= 0.6 is 11.6 Å². The Hall–Kier alpha value is -1.31. The molecule has 1 unspecified atom stereocenters. The SMILES string of the molecule is Cc1cccc([C@@H](C)NC2Cc3ccc(Cl)cc3C2)c1. The molecule has 1 aliphatic carbocycles. The minimum Gasteiger partial charge on any atom is -0.307 e. The molecule has 0 amide bonds. The molecule has 20 heavy (non-hydrogen) atoms. The maximum atomic E-state index is 6.07. The minimum atomic E-state index is 0.379. The van der Waals surface area contributed by atoms with E-state index in [-0.39, 0.29) is 0 Å². The molecular formula is C18H20ClN. The summed E-state index contributed by atoms with van der Waals surface area (Å²) >= 11 is 6.07. The van der Waals surface area contributed by atoms with Crippen LogP contribution in [0.2, 0.25) is 5.02 Å². The Morgan fingerprint density at radius 1 is 1.10 bits per heavy atom. The third-order valence-electron chi connectivity index (χ3n) is 4.13. The van der Waals surface area contributed by atoms with Crippen molar-refractivity contribution in [2.45, 2.75) is 38.8 Å². The van der Waals surface area contributed by atoms with E-state index in [0.29, 0.717) is 12.1 Å². The highest BCUT2D eigenvalue weighted by molar-refractivity contribution is 6.30. The Morgan fingerprint density at radius 3 is 2.70 bits per heavy atom. The number of hydrogen-bond acceptors (Lipinski definition) is 1. The molecule has 1 aliphatic rings. The predicted molar refractivity (Wildman–Crippen MR) is 85.4 cm³/mol. The van der Waals surface area contributed by atoms with Crippen LogP contribution < -0.4 is 5.32 Å². The van der Waals surface area contributed by atoms with Crippen molar-refractivity contribution in [3.05, 3.63) is 69.7 Å². The van der Waals surface area contributed by atoms with E-state index in [1.807, 2.05) is 6.07 Å². The number of aryl methyl sites for hydroxylation is 1. The van der Waals surface area contributed by atoms with Gasteiger partial charge in [-0.15, -0.1) is 0 Å². The van der Waals surface area contributed by atoms with Gasteiger partial charge in [0, 0.05) is 17.1 Å². The van der Waals surface area contributed by atoms with Crippen molar-refractivity contribution in [1.82, 2.24) is 5.32 Å². The normalized spacial score (nSPS) is 18.9. The van der Waals surface area contributed by atoms with Crippen LogP contribution in [0.3, 0.4) is 0 Å². The fraction of sp³-hybridized carbons (Fsp3) is 0.333. The summed E-state index contributed by atoms with van der Waals surface area (Å²) in [5.41, 5.74) is 5.51. The van der Waals surface area contributed by atoms with Gasteiger partial charge in [0.05, 0.1) is 0 Å². The van der Waals surface area contributed by atoms with Crippen molar-refractivity contribution in [1.29, 1.82) is 0 Å². The Bertz CT molecular complexity index is 621. The summed E-state index contributed by atoms with van der Waals surface area (Å²) in [6, 6.07) is 15.9. The standard InChI is InChI=1S/C18H20ClN/c1-12-4-3-5-14(8-12)13(2)20-18-10-15-6-7-17(19)9-16(15)11-18/h3-9,13,18,20H,10-11H2,1-2H3/t13-,18?/m1/s1. The van der Waals surface area contributed by atoms with E-state index in [0.717, 1.165) is 17.9 Å². The third-order valence-corrected chi connectivity index (χ3v) is 4.36. The molecule has 104 valence electrons. The molecule has 0 heterocycles. The van der Waals surface area contributed by atoms with Crippen LogP contribution in [0.4, 0.5) is 0 Å². The first-order valence-corrected chi connectivity index (χ1v) is 7.59. The van der Waals surface area contributed by atoms with Gasteiger partial charge in [-0.25, -0.2) is 0 Å². The van der Waals surface area contributed by atoms with Crippen LogP contribution in [0.1, 0.15) is 35.2 Å². The first-order chi connectivity index (χ1) is 9.61. The molecule has 2 heteroatoms. The van der Waals surface area contributed by atoms with E-state index in [4.69, 9.17) is 11.6 Å². The molecule has 0 saturated heterocycles. The van der Waals surface area contributed by atoms with Gasteiger partial charge in [0.1, 0.15) is 0 Å². The van der Waals surface area contributed by atoms with Gasteiger partial charge in [0.2, 0.25) is 0 Å². The van der Waals surface area contributed by atoms with E-state index < -0.39 is 0 Å². The highest BCUT2D eigenvalue weighted by atomic mass is 35.5. The zero-order chi connectivity index (χ0) is 14.1. The third kappa shape index (κ3) is 2.89. The largest absolute Gasteiger partial charge is 0.307 e. The molecule has 2 aromatic rings. The lowest BCUT2D eigenvalue weighted by molar-refractivity contribution is 0.467. The van der Waals surface area contributed by atoms with Gasteiger partial charge >= 0.3 is 0 Å². The van der Waals surface area contributed by atoms with Crippen LogP contribution in [0.25, 0.3) is 0 Å². The molecule has 1 N–H and O–H groups in total. The van der Waals surface area contributed by atoms with Crippen molar-refractivity contribution in [2.75, 3.05) is 0 Å². The highest BCUT2D eigenvalue weighted by Gasteiger charge is 2.23.